The molecule has 2 saturated carbocycles. The number of hydrogen-bond donors (Lipinski definition) is 0. The van der Waals surface area contributed by atoms with E-state index in [4.69, 9.17) is 0 Å². The van der Waals surface area contributed by atoms with E-state index in [-0.39, 0.29) is 11.8 Å². The second-order valence-corrected chi connectivity index (χ2v) is 9.84. The van der Waals surface area contributed by atoms with Crippen LogP contribution in [0.2, 0.25) is 0 Å². The summed E-state index contributed by atoms with van der Waals surface area (Å²) in [6, 6.07) is 18.5. The van der Waals surface area contributed by atoms with Crippen molar-refractivity contribution in [3.8, 4) is 0 Å². The van der Waals surface area contributed by atoms with Crippen LogP contribution in [0.5, 0.6) is 0 Å². The SMILES string of the molecule is O=C(c1ccc(C2CCCCC2)cc1)C1CC(N2CCN(C(=O)c3ccccc3)CC2)C1. The molecule has 4 heteroatoms. The summed E-state index contributed by atoms with van der Waals surface area (Å²) >= 11 is 0. The van der Waals surface area contributed by atoms with E-state index < -0.39 is 0 Å². The van der Waals surface area contributed by atoms with Crippen LogP contribution in [0.1, 0.15) is 77.1 Å². The highest BCUT2D eigenvalue weighted by molar-refractivity contribution is 5.98. The number of rotatable bonds is 5. The molecule has 2 aromatic rings. The third kappa shape index (κ3) is 4.52. The van der Waals surface area contributed by atoms with E-state index in [0.29, 0.717) is 17.7 Å². The molecular formula is C28H34N2O2. The zero-order valence-electron chi connectivity index (χ0n) is 18.9. The third-order valence-corrected chi connectivity index (χ3v) is 7.89. The maximum absolute atomic E-state index is 13.0. The summed E-state index contributed by atoms with van der Waals surface area (Å²) in [6.45, 7) is 3.34. The summed E-state index contributed by atoms with van der Waals surface area (Å²) < 4.78 is 0. The Labute approximate surface area is 191 Å². The highest BCUT2D eigenvalue weighted by Gasteiger charge is 2.39. The van der Waals surface area contributed by atoms with Crippen LogP contribution in [0.25, 0.3) is 0 Å². The Morgan fingerprint density at radius 3 is 2.03 bits per heavy atom. The van der Waals surface area contributed by atoms with Crippen molar-refractivity contribution in [3.05, 3.63) is 71.3 Å². The minimum atomic E-state index is 0.128. The fourth-order valence-corrected chi connectivity index (χ4v) is 5.74. The molecule has 2 aromatic carbocycles. The summed E-state index contributed by atoms with van der Waals surface area (Å²) in [5.41, 5.74) is 3.06. The number of nitrogens with zero attached hydrogens (tertiary/aromatic N) is 2. The molecule has 0 bridgehead atoms. The maximum Gasteiger partial charge on any atom is 0.253 e. The van der Waals surface area contributed by atoms with E-state index in [2.05, 4.69) is 29.2 Å². The third-order valence-electron chi connectivity index (χ3n) is 7.89. The number of carbonyl (C=O) groups excluding carboxylic acids is 2. The number of hydrogen-bond acceptors (Lipinski definition) is 3. The predicted octanol–water partition coefficient (Wildman–Crippen LogP) is 5.15. The van der Waals surface area contributed by atoms with Crippen LogP contribution >= 0.6 is 0 Å². The summed E-state index contributed by atoms with van der Waals surface area (Å²) in [7, 11) is 0. The van der Waals surface area contributed by atoms with Gasteiger partial charge in [0.05, 0.1) is 0 Å². The summed E-state index contributed by atoms with van der Waals surface area (Å²) in [5.74, 6) is 1.29. The van der Waals surface area contributed by atoms with Gasteiger partial charge >= 0.3 is 0 Å². The lowest BCUT2D eigenvalue weighted by molar-refractivity contribution is 0.0286. The van der Waals surface area contributed by atoms with Crippen molar-refractivity contribution in [1.82, 2.24) is 9.80 Å². The Bertz CT molecular complexity index is 920. The molecule has 0 N–H and O–H groups in total. The fraction of sp³-hybridized carbons (Fsp3) is 0.500. The molecule has 32 heavy (non-hydrogen) atoms. The van der Waals surface area contributed by atoms with E-state index in [9.17, 15) is 9.59 Å². The number of benzene rings is 2. The average molecular weight is 431 g/mol. The number of ketones is 1. The van der Waals surface area contributed by atoms with Gasteiger partial charge in [0, 0.05) is 49.3 Å². The second-order valence-electron chi connectivity index (χ2n) is 9.84. The van der Waals surface area contributed by atoms with Gasteiger partial charge in [0.15, 0.2) is 5.78 Å². The largest absolute Gasteiger partial charge is 0.336 e. The molecular weight excluding hydrogens is 396 g/mol. The van der Waals surface area contributed by atoms with Crippen LogP contribution in [0.15, 0.2) is 54.6 Å². The van der Waals surface area contributed by atoms with Crippen molar-refractivity contribution in [2.75, 3.05) is 26.2 Å². The molecule has 1 heterocycles. The summed E-state index contributed by atoms with van der Waals surface area (Å²) in [6.07, 6.45) is 8.54. The van der Waals surface area contributed by atoms with Gasteiger partial charge in [-0.1, -0.05) is 61.7 Å². The Morgan fingerprint density at radius 1 is 0.719 bits per heavy atom. The number of piperazine rings is 1. The normalized spacial score (nSPS) is 24.7. The highest BCUT2D eigenvalue weighted by atomic mass is 16.2. The molecule has 0 spiro atoms. The zero-order valence-corrected chi connectivity index (χ0v) is 18.9. The number of amides is 1. The molecule has 3 aliphatic rings. The number of Topliss-reactive ketones (excluding diaryl/α,β-unsaturated/α-hetero) is 1. The maximum atomic E-state index is 13.0. The lowest BCUT2D eigenvalue weighted by Crippen LogP contribution is -2.55. The number of carbonyl (C=O) groups is 2. The van der Waals surface area contributed by atoms with Gasteiger partial charge in [-0.3, -0.25) is 14.5 Å². The zero-order chi connectivity index (χ0) is 21.9. The van der Waals surface area contributed by atoms with E-state index in [1.54, 1.807) is 0 Å². The van der Waals surface area contributed by atoms with Gasteiger partial charge in [-0.05, 0) is 49.3 Å². The van der Waals surface area contributed by atoms with Gasteiger partial charge in [-0.2, -0.15) is 0 Å². The molecule has 0 unspecified atom stereocenters. The van der Waals surface area contributed by atoms with E-state index in [1.165, 1.54) is 37.7 Å². The minimum absolute atomic E-state index is 0.128. The van der Waals surface area contributed by atoms with Gasteiger partial charge < -0.3 is 4.90 Å². The minimum Gasteiger partial charge on any atom is -0.336 e. The van der Waals surface area contributed by atoms with Gasteiger partial charge in [0.2, 0.25) is 0 Å². The molecule has 1 amide bonds. The fourth-order valence-electron chi connectivity index (χ4n) is 5.74. The van der Waals surface area contributed by atoms with E-state index in [0.717, 1.165) is 50.1 Å². The van der Waals surface area contributed by atoms with Gasteiger partial charge in [0.25, 0.3) is 5.91 Å². The summed E-state index contributed by atoms with van der Waals surface area (Å²) in [5, 5.41) is 0. The van der Waals surface area contributed by atoms with Crippen molar-refractivity contribution in [2.24, 2.45) is 5.92 Å². The van der Waals surface area contributed by atoms with Crippen LogP contribution in [0.3, 0.4) is 0 Å². The summed E-state index contributed by atoms with van der Waals surface area (Å²) in [4.78, 5) is 30.1. The molecule has 3 fully saturated rings. The lowest BCUT2D eigenvalue weighted by atomic mass is 9.74. The van der Waals surface area contributed by atoms with E-state index >= 15 is 0 Å². The van der Waals surface area contributed by atoms with Crippen molar-refractivity contribution in [2.45, 2.75) is 56.9 Å². The average Bonchev–Trinajstić information content (AvgIpc) is 2.84. The Hall–Kier alpha value is -2.46. The molecule has 2 aliphatic carbocycles. The van der Waals surface area contributed by atoms with Gasteiger partial charge in [-0.25, -0.2) is 0 Å². The van der Waals surface area contributed by atoms with Gasteiger partial charge in [0.1, 0.15) is 0 Å². The molecule has 0 aromatic heterocycles. The highest BCUT2D eigenvalue weighted by Crippen LogP contribution is 2.36. The first-order chi connectivity index (χ1) is 15.7. The van der Waals surface area contributed by atoms with Gasteiger partial charge in [-0.15, -0.1) is 0 Å². The van der Waals surface area contributed by atoms with Crippen molar-refractivity contribution in [1.29, 1.82) is 0 Å². The predicted molar refractivity (Wildman–Crippen MR) is 127 cm³/mol. The molecule has 168 valence electrons. The smallest absolute Gasteiger partial charge is 0.253 e. The lowest BCUT2D eigenvalue weighted by Gasteiger charge is -2.46. The van der Waals surface area contributed by atoms with Crippen molar-refractivity contribution < 1.29 is 9.59 Å². The monoisotopic (exact) mass is 430 g/mol. The Morgan fingerprint density at radius 2 is 1.38 bits per heavy atom. The molecule has 1 saturated heterocycles. The van der Waals surface area contributed by atoms with Crippen LogP contribution in [0.4, 0.5) is 0 Å². The quantitative estimate of drug-likeness (QED) is 0.616. The van der Waals surface area contributed by atoms with Crippen molar-refractivity contribution in [3.63, 3.8) is 0 Å². The molecule has 4 nitrogen and oxygen atoms in total. The first-order valence-electron chi connectivity index (χ1n) is 12.4. The Balaban J connectivity index is 1.09. The van der Waals surface area contributed by atoms with Crippen molar-refractivity contribution >= 4 is 11.7 Å². The first-order valence-corrected chi connectivity index (χ1v) is 12.4. The standard InChI is InChI=1S/C28H34N2O2/c31-27(23-13-11-22(12-14-23)21-7-3-1-4-8-21)25-19-26(20-25)29-15-17-30(18-16-29)28(32)24-9-5-2-6-10-24/h2,5-6,9-14,21,25-26H,1,3-4,7-8,15-20H2. The van der Waals surface area contributed by atoms with Crippen LogP contribution < -0.4 is 0 Å². The van der Waals surface area contributed by atoms with E-state index in [1.807, 2.05) is 35.2 Å². The van der Waals surface area contributed by atoms with Crippen LogP contribution in [0, 0.1) is 5.92 Å². The molecule has 1 aliphatic heterocycles. The van der Waals surface area contributed by atoms with Crippen LogP contribution in [-0.4, -0.2) is 53.7 Å². The second kappa shape index (κ2) is 9.58. The molecule has 5 rings (SSSR count). The molecule has 0 atom stereocenters. The molecule has 0 radical (unpaired) electrons. The Kier molecular flexibility index (Phi) is 6.40. The topological polar surface area (TPSA) is 40.6 Å². The first kappa shape index (κ1) is 21.4. The van der Waals surface area contributed by atoms with Crippen LogP contribution in [-0.2, 0) is 0 Å².